The summed E-state index contributed by atoms with van der Waals surface area (Å²) in [6.07, 6.45) is 7.01. The normalized spacial score (nSPS) is 14.0. The molecule has 2 heterocycles. The van der Waals surface area contributed by atoms with E-state index in [2.05, 4.69) is 15.2 Å². The zero-order valence-electron chi connectivity index (χ0n) is 13.6. The van der Waals surface area contributed by atoms with Crippen molar-refractivity contribution in [3.05, 3.63) is 64.3 Å². The van der Waals surface area contributed by atoms with Gasteiger partial charge in [-0.25, -0.2) is 4.98 Å². The van der Waals surface area contributed by atoms with Gasteiger partial charge >= 0.3 is 0 Å². The Labute approximate surface area is 145 Å². The number of hydrogen-bond donors (Lipinski definition) is 1. The maximum atomic E-state index is 12.0. The van der Waals surface area contributed by atoms with Crippen molar-refractivity contribution < 1.29 is 9.72 Å². The Balaban J connectivity index is 1.57. The lowest BCUT2D eigenvalue weighted by atomic mass is 10.2. The first-order valence-corrected chi connectivity index (χ1v) is 8.06. The van der Waals surface area contributed by atoms with Crippen LogP contribution in [-0.2, 0) is 4.79 Å². The first-order valence-electron chi connectivity index (χ1n) is 8.06. The van der Waals surface area contributed by atoms with E-state index in [1.165, 1.54) is 31.1 Å². The van der Waals surface area contributed by atoms with Crippen LogP contribution in [0.1, 0.15) is 18.4 Å². The molecule has 0 unspecified atom stereocenters. The van der Waals surface area contributed by atoms with Crippen LogP contribution in [0, 0.1) is 10.1 Å². The van der Waals surface area contributed by atoms with Crippen LogP contribution in [0.5, 0.6) is 0 Å². The number of amides is 1. The number of pyridine rings is 1. The average molecular weight is 338 g/mol. The van der Waals surface area contributed by atoms with Gasteiger partial charge in [0.2, 0.25) is 5.91 Å². The Kier molecular flexibility index (Phi) is 5.03. The van der Waals surface area contributed by atoms with Crippen LogP contribution in [0.3, 0.4) is 0 Å². The van der Waals surface area contributed by atoms with Crippen molar-refractivity contribution in [3.8, 4) is 0 Å². The zero-order valence-corrected chi connectivity index (χ0v) is 13.6. The van der Waals surface area contributed by atoms with Gasteiger partial charge in [-0.3, -0.25) is 14.9 Å². The number of anilines is 2. The average Bonchev–Trinajstić information content (AvgIpc) is 3.15. The van der Waals surface area contributed by atoms with Crippen LogP contribution < -0.4 is 10.2 Å². The predicted octanol–water partition coefficient (Wildman–Crippen LogP) is 3.24. The molecule has 1 N–H and O–H groups in total. The molecule has 1 aliphatic rings. The van der Waals surface area contributed by atoms with Gasteiger partial charge in [0.15, 0.2) is 0 Å². The number of hydrogen-bond acceptors (Lipinski definition) is 5. The van der Waals surface area contributed by atoms with Gasteiger partial charge in [0.05, 0.1) is 16.8 Å². The molecule has 3 rings (SSSR count). The highest BCUT2D eigenvalue weighted by molar-refractivity contribution is 6.01. The maximum absolute atomic E-state index is 12.0. The Morgan fingerprint density at radius 3 is 2.48 bits per heavy atom. The van der Waals surface area contributed by atoms with Crippen LogP contribution in [0.4, 0.5) is 17.2 Å². The molecule has 0 atom stereocenters. The second kappa shape index (κ2) is 7.57. The third-order valence-electron chi connectivity index (χ3n) is 3.98. The van der Waals surface area contributed by atoms with Crippen LogP contribution in [0.2, 0.25) is 0 Å². The van der Waals surface area contributed by atoms with Crippen LogP contribution >= 0.6 is 0 Å². The van der Waals surface area contributed by atoms with Gasteiger partial charge in [-0.05, 0) is 48.7 Å². The molecule has 2 aromatic rings. The SMILES string of the molecule is O=C(/C=C/c1ccc([N+](=O)[O-])cc1)Nc1ccc(N2CCCC2)nc1. The van der Waals surface area contributed by atoms with E-state index in [1.807, 2.05) is 12.1 Å². The molecule has 0 bridgehead atoms. The summed E-state index contributed by atoms with van der Waals surface area (Å²) in [5.74, 6) is 0.644. The molecule has 7 heteroatoms. The molecule has 1 fully saturated rings. The quantitative estimate of drug-likeness (QED) is 0.513. The van der Waals surface area contributed by atoms with Gasteiger partial charge in [-0.15, -0.1) is 0 Å². The number of benzene rings is 1. The lowest BCUT2D eigenvalue weighted by Gasteiger charge is -2.16. The number of nitro groups is 1. The number of non-ortho nitro benzene ring substituents is 1. The number of carbonyl (C=O) groups is 1. The second-order valence-corrected chi connectivity index (χ2v) is 5.77. The van der Waals surface area contributed by atoms with Crippen LogP contribution in [0.15, 0.2) is 48.7 Å². The second-order valence-electron chi connectivity index (χ2n) is 5.77. The van der Waals surface area contributed by atoms with Gasteiger partial charge in [-0.1, -0.05) is 0 Å². The molecule has 0 radical (unpaired) electrons. The fourth-order valence-electron chi connectivity index (χ4n) is 2.66. The van der Waals surface area contributed by atoms with E-state index < -0.39 is 4.92 Å². The molecule has 1 saturated heterocycles. The summed E-state index contributed by atoms with van der Waals surface area (Å²) in [5.41, 5.74) is 1.36. The van der Waals surface area contributed by atoms with Gasteiger partial charge in [0, 0.05) is 31.3 Å². The highest BCUT2D eigenvalue weighted by Crippen LogP contribution is 2.19. The highest BCUT2D eigenvalue weighted by atomic mass is 16.6. The van der Waals surface area contributed by atoms with Gasteiger partial charge < -0.3 is 10.2 Å². The van der Waals surface area contributed by atoms with Crippen molar-refractivity contribution in [3.63, 3.8) is 0 Å². The van der Waals surface area contributed by atoms with Crippen molar-refractivity contribution in [2.24, 2.45) is 0 Å². The van der Waals surface area contributed by atoms with E-state index >= 15 is 0 Å². The standard InChI is InChI=1S/C18H18N4O3/c23-18(10-5-14-3-7-16(8-4-14)22(24)25)20-15-6-9-17(19-13-15)21-11-1-2-12-21/h3-10,13H,1-2,11-12H2,(H,20,23)/b10-5+. The Bertz CT molecular complexity index is 779. The summed E-state index contributed by atoms with van der Waals surface area (Å²) in [6, 6.07) is 9.72. The summed E-state index contributed by atoms with van der Waals surface area (Å²) in [6.45, 7) is 2.05. The Morgan fingerprint density at radius 1 is 1.16 bits per heavy atom. The minimum Gasteiger partial charge on any atom is -0.357 e. The van der Waals surface area contributed by atoms with Gasteiger partial charge in [-0.2, -0.15) is 0 Å². The predicted molar refractivity (Wildman–Crippen MR) is 96.4 cm³/mol. The van der Waals surface area contributed by atoms with Crippen molar-refractivity contribution in [1.82, 2.24) is 4.98 Å². The van der Waals surface area contributed by atoms with E-state index in [4.69, 9.17) is 0 Å². The summed E-state index contributed by atoms with van der Waals surface area (Å²) >= 11 is 0. The first-order chi connectivity index (χ1) is 12.1. The lowest BCUT2D eigenvalue weighted by Crippen LogP contribution is -2.18. The monoisotopic (exact) mass is 338 g/mol. The summed E-state index contributed by atoms with van der Waals surface area (Å²) in [4.78, 5) is 28.7. The number of aromatic nitrogens is 1. The summed E-state index contributed by atoms with van der Waals surface area (Å²) in [7, 11) is 0. The zero-order chi connectivity index (χ0) is 17.6. The molecular weight excluding hydrogens is 320 g/mol. The third-order valence-corrected chi connectivity index (χ3v) is 3.98. The molecule has 0 aliphatic carbocycles. The topological polar surface area (TPSA) is 88.4 Å². The summed E-state index contributed by atoms with van der Waals surface area (Å²) < 4.78 is 0. The fraction of sp³-hybridized carbons (Fsp3) is 0.222. The number of nitro benzene ring substituents is 1. The molecule has 25 heavy (non-hydrogen) atoms. The van der Waals surface area contributed by atoms with Crippen molar-refractivity contribution in [2.75, 3.05) is 23.3 Å². The summed E-state index contributed by atoms with van der Waals surface area (Å²) in [5, 5.41) is 13.3. The third kappa shape index (κ3) is 4.41. The molecular formula is C18H18N4O3. The molecule has 0 saturated carbocycles. The number of nitrogens with one attached hydrogen (secondary N) is 1. The molecule has 128 valence electrons. The Morgan fingerprint density at radius 2 is 1.88 bits per heavy atom. The molecule has 1 aromatic carbocycles. The lowest BCUT2D eigenvalue weighted by molar-refractivity contribution is -0.384. The van der Waals surface area contributed by atoms with Crippen molar-refractivity contribution in [1.29, 1.82) is 0 Å². The number of rotatable bonds is 5. The fourth-order valence-corrected chi connectivity index (χ4v) is 2.66. The number of nitrogens with zero attached hydrogens (tertiary/aromatic N) is 3. The maximum Gasteiger partial charge on any atom is 0.269 e. The van der Waals surface area contributed by atoms with E-state index in [9.17, 15) is 14.9 Å². The van der Waals surface area contributed by atoms with E-state index in [1.54, 1.807) is 24.4 Å². The smallest absolute Gasteiger partial charge is 0.269 e. The number of carbonyl (C=O) groups excluding carboxylic acids is 1. The minimum absolute atomic E-state index is 0.0192. The van der Waals surface area contributed by atoms with Crippen LogP contribution in [0.25, 0.3) is 6.08 Å². The van der Waals surface area contributed by atoms with Crippen LogP contribution in [-0.4, -0.2) is 28.9 Å². The molecule has 1 amide bonds. The molecule has 7 nitrogen and oxygen atoms in total. The van der Waals surface area contributed by atoms with Crippen molar-refractivity contribution >= 4 is 29.2 Å². The van der Waals surface area contributed by atoms with E-state index in [0.29, 0.717) is 11.3 Å². The van der Waals surface area contributed by atoms with Gasteiger partial charge in [0.25, 0.3) is 5.69 Å². The molecule has 1 aliphatic heterocycles. The van der Waals surface area contributed by atoms with Crippen molar-refractivity contribution in [2.45, 2.75) is 12.8 Å². The highest BCUT2D eigenvalue weighted by Gasteiger charge is 2.13. The molecule has 1 aromatic heterocycles. The Hall–Kier alpha value is -3.22. The van der Waals surface area contributed by atoms with E-state index in [0.717, 1.165) is 18.9 Å². The largest absolute Gasteiger partial charge is 0.357 e. The first kappa shape index (κ1) is 16.6. The van der Waals surface area contributed by atoms with Gasteiger partial charge in [0.1, 0.15) is 5.82 Å². The van der Waals surface area contributed by atoms with E-state index in [-0.39, 0.29) is 11.6 Å². The minimum atomic E-state index is -0.459. The molecule has 0 spiro atoms.